The van der Waals surface area contributed by atoms with Crippen LogP contribution in [0.4, 0.5) is 0 Å². The van der Waals surface area contributed by atoms with Crippen molar-refractivity contribution in [2.45, 2.75) is 13.0 Å². The molecule has 9 heteroatoms. The van der Waals surface area contributed by atoms with Crippen molar-refractivity contribution in [2.75, 3.05) is 34.4 Å². The molecule has 2 aromatic heterocycles. The van der Waals surface area contributed by atoms with Gasteiger partial charge in [-0.15, -0.1) is 5.10 Å². The fraction of sp³-hybridized carbons (Fsp3) is 0.320. The molecule has 0 unspecified atom stereocenters. The molecule has 3 heterocycles. The summed E-state index contributed by atoms with van der Waals surface area (Å²) in [5, 5.41) is 13.2. The van der Waals surface area contributed by atoms with E-state index in [2.05, 4.69) is 15.1 Å². The molecular formula is C25H26ClN5O3. The van der Waals surface area contributed by atoms with Crippen molar-refractivity contribution in [1.82, 2.24) is 24.9 Å². The highest BCUT2D eigenvalue weighted by Gasteiger charge is 2.30. The number of nitrogens with zero attached hydrogens (tertiary/aromatic N) is 4. The summed E-state index contributed by atoms with van der Waals surface area (Å²) in [6.07, 6.45) is 2.37. The van der Waals surface area contributed by atoms with Crippen molar-refractivity contribution < 1.29 is 14.3 Å². The number of H-pyrrole nitrogens is 1. The van der Waals surface area contributed by atoms with Gasteiger partial charge in [-0.2, -0.15) is 5.10 Å². The third-order valence-corrected chi connectivity index (χ3v) is 6.39. The standard InChI is InChI=1S/C25H26ClN5O3/c1-30(2)8-9-31-21-12-15(20-13-27-28-25(20)33-3)4-6-19(21)23(29-31)24(32)17-10-16-11-18(26)5-7-22(16)34-14-17/h4-7,11-13,17H,8-10,14H2,1-3H3,(H,27,28)/t17-/m1/s1. The number of likely N-dealkylation sites (N-methyl/N-ethyl adjacent to an activating group) is 1. The summed E-state index contributed by atoms with van der Waals surface area (Å²) in [5.74, 6) is 0.966. The maximum atomic E-state index is 13.6. The second-order valence-electron chi connectivity index (χ2n) is 8.74. The zero-order chi connectivity index (χ0) is 23.8. The fourth-order valence-electron chi connectivity index (χ4n) is 4.35. The van der Waals surface area contributed by atoms with Gasteiger partial charge in [0.25, 0.3) is 0 Å². The van der Waals surface area contributed by atoms with Gasteiger partial charge in [0, 0.05) is 23.2 Å². The minimum absolute atomic E-state index is 0.0205. The molecule has 2 aromatic carbocycles. The number of methoxy groups -OCH3 is 1. The van der Waals surface area contributed by atoms with E-state index in [-0.39, 0.29) is 11.7 Å². The fourth-order valence-corrected chi connectivity index (χ4v) is 4.55. The van der Waals surface area contributed by atoms with Crippen LogP contribution in [0.15, 0.2) is 42.6 Å². The molecule has 1 aliphatic heterocycles. The quantitative estimate of drug-likeness (QED) is 0.402. The number of Topliss-reactive ketones (excluding diaryl/α,β-unsaturated/α-hetero) is 1. The first-order valence-electron chi connectivity index (χ1n) is 11.1. The first kappa shape index (κ1) is 22.4. The molecule has 0 bridgehead atoms. The third kappa shape index (κ3) is 4.15. The van der Waals surface area contributed by atoms with Gasteiger partial charge in [-0.3, -0.25) is 14.6 Å². The van der Waals surface area contributed by atoms with Gasteiger partial charge in [0.15, 0.2) is 5.78 Å². The molecule has 4 aromatic rings. The van der Waals surface area contributed by atoms with Crippen molar-refractivity contribution in [3.63, 3.8) is 0 Å². The Morgan fingerprint density at radius 1 is 1.29 bits per heavy atom. The van der Waals surface area contributed by atoms with Crippen LogP contribution in [-0.4, -0.2) is 65.0 Å². The van der Waals surface area contributed by atoms with E-state index < -0.39 is 0 Å². The van der Waals surface area contributed by atoms with E-state index in [0.717, 1.165) is 39.9 Å². The topological polar surface area (TPSA) is 85.3 Å². The van der Waals surface area contributed by atoms with Gasteiger partial charge in [-0.05, 0) is 62.0 Å². The molecule has 176 valence electrons. The van der Waals surface area contributed by atoms with Crippen LogP contribution >= 0.6 is 11.6 Å². The Labute approximate surface area is 202 Å². The molecule has 0 spiro atoms. The molecule has 8 nitrogen and oxygen atoms in total. The molecule has 5 rings (SSSR count). The lowest BCUT2D eigenvalue weighted by Gasteiger charge is -2.24. The number of aromatic nitrogens is 4. The number of nitrogens with one attached hydrogen (secondary N) is 1. The van der Waals surface area contributed by atoms with Crippen LogP contribution in [0.25, 0.3) is 22.0 Å². The smallest absolute Gasteiger partial charge is 0.240 e. The number of ketones is 1. The lowest BCUT2D eigenvalue weighted by Crippen LogP contribution is -2.29. The number of rotatable bonds is 7. The zero-order valence-electron chi connectivity index (χ0n) is 19.3. The van der Waals surface area contributed by atoms with Gasteiger partial charge in [-0.1, -0.05) is 17.7 Å². The van der Waals surface area contributed by atoms with Crippen LogP contribution in [0.3, 0.4) is 0 Å². The van der Waals surface area contributed by atoms with Crippen LogP contribution in [0.1, 0.15) is 16.1 Å². The lowest BCUT2D eigenvalue weighted by molar-refractivity contribution is 0.0850. The van der Waals surface area contributed by atoms with Crippen LogP contribution in [0.5, 0.6) is 11.6 Å². The van der Waals surface area contributed by atoms with E-state index in [1.807, 2.05) is 49.1 Å². The molecule has 0 saturated heterocycles. The Balaban J connectivity index is 1.53. The molecule has 1 atom stereocenters. The first-order valence-corrected chi connectivity index (χ1v) is 11.5. The second kappa shape index (κ2) is 9.12. The van der Waals surface area contributed by atoms with E-state index in [0.29, 0.717) is 36.2 Å². The number of halogens is 1. The molecule has 34 heavy (non-hydrogen) atoms. The third-order valence-electron chi connectivity index (χ3n) is 6.15. The highest BCUT2D eigenvalue weighted by molar-refractivity contribution is 6.30. The number of fused-ring (bicyclic) bond motifs is 2. The number of carbonyl (C=O) groups excluding carboxylic acids is 1. The normalized spacial score (nSPS) is 15.4. The van der Waals surface area contributed by atoms with Gasteiger partial charge < -0.3 is 14.4 Å². The lowest BCUT2D eigenvalue weighted by atomic mass is 9.91. The van der Waals surface area contributed by atoms with Crippen LogP contribution in [-0.2, 0) is 13.0 Å². The Kier molecular flexibility index (Phi) is 6.02. The van der Waals surface area contributed by atoms with Crippen molar-refractivity contribution in [3.05, 3.63) is 58.9 Å². The van der Waals surface area contributed by atoms with Crippen molar-refractivity contribution in [3.8, 4) is 22.8 Å². The first-order chi connectivity index (χ1) is 16.4. The average Bonchev–Trinajstić information content (AvgIpc) is 3.46. The maximum Gasteiger partial charge on any atom is 0.240 e. The Morgan fingerprint density at radius 2 is 2.15 bits per heavy atom. The number of carbonyl (C=O) groups is 1. The number of hydrogen-bond donors (Lipinski definition) is 1. The van der Waals surface area contributed by atoms with Crippen molar-refractivity contribution in [2.24, 2.45) is 5.92 Å². The minimum atomic E-state index is -0.319. The van der Waals surface area contributed by atoms with Gasteiger partial charge in [0.2, 0.25) is 5.88 Å². The van der Waals surface area contributed by atoms with Crippen LogP contribution in [0, 0.1) is 5.92 Å². The molecule has 1 N–H and O–H groups in total. The highest BCUT2D eigenvalue weighted by atomic mass is 35.5. The summed E-state index contributed by atoms with van der Waals surface area (Å²) in [6.45, 7) is 1.77. The molecular weight excluding hydrogens is 454 g/mol. The van der Waals surface area contributed by atoms with Gasteiger partial charge >= 0.3 is 0 Å². The monoisotopic (exact) mass is 479 g/mol. The summed E-state index contributed by atoms with van der Waals surface area (Å²) in [4.78, 5) is 15.7. The maximum absolute atomic E-state index is 13.6. The second-order valence-corrected chi connectivity index (χ2v) is 9.18. The minimum Gasteiger partial charge on any atom is -0.493 e. The molecule has 0 radical (unpaired) electrons. The Bertz CT molecular complexity index is 1360. The number of ether oxygens (including phenoxy) is 2. The van der Waals surface area contributed by atoms with E-state index in [1.165, 1.54) is 0 Å². The van der Waals surface area contributed by atoms with Crippen LogP contribution < -0.4 is 9.47 Å². The predicted octanol–water partition coefficient (Wildman–Crippen LogP) is 4.08. The number of hydrogen-bond acceptors (Lipinski definition) is 6. The summed E-state index contributed by atoms with van der Waals surface area (Å²) in [6, 6.07) is 11.5. The molecule has 1 aliphatic rings. The molecule has 0 fully saturated rings. The van der Waals surface area contributed by atoms with Crippen molar-refractivity contribution in [1.29, 1.82) is 0 Å². The molecule has 0 saturated carbocycles. The summed E-state index contributed by atoms with van der Waals surface area (Å²) >= 11 is 6.17. The average molecular weight is 480 g/mol. The SMILES string of the molecule is COc1n[nH]cc1-c1ccc2c(C(=O)[C@H]3COc4ccc(Cl)cc4C3)nn(CCN(C)C)c2c1. The van der Waals surface area contributed by atoms with E-state index in [1.54, 1.807) is 19.4 Å². The largest absolute Gasteiger partial charge is 0.493 e. The van der Waals surface area contributed by atoms with Gasteiger partial charge in [-0.25, -0.2) is 0 Å². The molecule has 0 amide bonds. The summed E-state index contributed by atoms with van der Waals surface area (Å²) in [5.41, 5.74) is 4.10. The zero-order valence-corrected chi connectivity index (χ0v) is 20.1. The Morgan fingerprint density at radius 3 is 2.94 bits per heavy atom. The summed E-state index contributed by atoms with van der Waals surface area (Å²) < 4.78 is 13.2. The van der Waals surface area contributed by atoms with E-state index in [4.69, 9.17) is 26.2 Å². The Hall–Kier alpha value is -3.36. The van der Waals surface area contributed by atoms with Crippen LogP contribution in [0.2, 0.25) is 5.02 Å². The van der Waals surface area contributed by atoms with Gasteiger partial charge in [0.1, 0.15) is 11.4 Å². The number of benzene rings is 2. The van der Waals surface area contributed by atoms with Crippen molar-refractivity contribution >= 4 is 28.3 Å². The predicted molar refractivity (Wildman–Crippen MR) is 131 cm³/mol. The number of aromatic amines is 1. The van der Waals surface area contributed by atoms with E-state index in [9.17, 15) is 4.79 Å². The highest BCUT2D eigenvalue weighted by Crippen LogP contribution is 2.34. The summed E-state index contributed by atoms with van der Waals surface area (Å²) in [7, 11) is 5.62. The molecule has 0 aliphatic carbocycles. The van der Waals surface area contributed by atoms with E-state index >= 15 is 0 Å². The van der Waals surface area contributed by atoms with Gasteiger partial charge in [0.05, 0.1) is 37.3 Å².